The largest absolute Gasteiger partial charge is 0.389 e. The lowest BCUT2D eigenvalue weighted by molar-refractivity contribution is -0.134. The third-order valence-corrected chi connectivity index (χ3v) is 5.75. The predicted molar refractivity (Wildman–Crippen MR) is 98.3 cm³/mol. The molecule has 5 nitrogen and oxygen atoms in total. The van der Waals surface area contributed by atoms with Crippen LogP contribution in [0.25, 0.3) is 10.9 Å². The third-order valence-electron chi connectivity index (χ3n) is 5.75. The van der Waals surface area contributed by atoms with Crippen LogP contribution in [0.5, 0.6) is 0 Å². The zero-order valence-corrected chi connectivity index (χ0v) is 15.1. The number of nitrogens with one attached hydrogen (secondary N) is 1. The smallest absolute Gasteiger partial charge is 0.237 e. The van der Waals surface area contributed by atoms with Gasteiger partial charge in [0.2, 0.25) is 5.91 Å². The fourth-order valence-electron chi connectivity index (χ4n) is 4.47. The highest BCUT2D eigenvalue weighted by atomic mass is 16.3. The molecule has 1 atom stereocenters. The summed E-state index contributed by atoms with van der Waals surface area (Å²) in [6.07, 6.45) is 2.89. The van der Waals surface area contributed by atoms with Gasteiger partial charge in [0.1, 0.15) is 0 Å². The van der Waals surface area contributed by atoms with Gasteiger partial charge in [-0.2, -0.15) is 0 Å². The van der Waals surface area contributed by atoms with Crippen LogP contribution in [-0.2, 0) is 17.8 Å². The molecule has 1 aromatic heterocycles. The summed E-state index contributed by atoms with van der Waals surface area (Å²) in [7, 11) is 0. The quantitative estimate of drug-likeness (QED) is 0.900. The predicted octanol–water partition coefficient (Wildman–Crippen LogP) is 2.29. The SMILES string of the molecule is CC(C)(O)C1CCCN1CC(=O)N1CCc2[nH]c3ccccc3c2C1. The highest BCUT2D eigenvalue weighted by Gasteiger charge is 2.37. The van der Waals surface area contributed by atoms with Crippen LogP contribution in [0.15, 0.2) is 24.3 Å². The van der Waals surface area contributed by atoms with Gasteiger partial charge in [0.15, 0.2) is 0 Å². The van der Waals surface area contributed by atoms with Crippen molar-refractivity contribution < 1.29 is 9.90 Å². The number of nitrogens with zero attached hydrogens (tertiary/aromatic N) is 2. The van der Waals surface area contributed by atoms with Gasteiger partial charge in [-0.1, -0.05) is 18.2 Å². The van der Waals surface area contributed by atoms with E-state index in [-0.39, 0.29) is 11.9 Å². The van der Waals surface area contributed by atoms with E-state index < -0.39 is 5.60 Å². The molecule has 1 amide bonds. The van der Waals surface area contributed by atoms with E-state index in [9.17, 15) is 9.90 Å². The number of aliphatic hydroxyl groups is 1. The second kappa shape index (κ2) is 6.15. The number of fused-ring (bicyclic) bond motifs is 3. The first-order chi connectivity index (χ1) is 11.9. The number of carbonyl (C=O) groups excluding carboxylic acids is 1. The second-order valence-corrected chi connectivity index (χ2v) is 7.98. The van der Waals surface area contributed by atoms with E-state index >= 15 is 0 Å². The Labute approximate surface area is 148 Å². The second-order valence-electron chi connectivity index (χ2n) is 7.98. The average Bonchev–Trinajstić information content (AvgIpc) is 3.18. The Balaban J connectivity index is 1.49. The van der Waals surface area contributed by atoms with Crippen molar-refractivity contribution in [3.8, 4) is 0 Å². The van der Waals surface area contributed by atoms with E-state index in [1.165, 1.54) is 16.6 Å². The summed E-state index contributed by atoms with van der Waals surface area (Å²) >= 11 is 0. The molecule has 1 aromatic carbocycles. The van der Waals surface area contributed by atoms with Crippen molar-refractivity contribution in [1.82, 2.24) is 14.8 Å². The standard InChI is InChI=1S/C20H27N3O2/c1-20(2,25)18-8-5-10-22(18)13-19(24)23-11-9-17-15(12-23)14-6-3-4-7-16(14)21-17/h3-4,6-7,18,21,25H,5,8-13H2,1-2H3. The third kappa shape index (κ3) is 3.07. The number of rotatable bonds is 3. The monoisotopic (exact) mass is 341 g/mol. The Bertz CT molecular complexity index is 790. The number of aromatic amines is 1. The molecule has 2 aliphatic heterocycles. The molecule has 3 heterocycles. The highest BCUT2D eigenvalue weighted by molar-refractivity contribution is 5.86. The Hall–Kier alpha value is -1.85. The summed E-state index contributed by atoms with van der Waals surface area (Å²) in [6, 6.07) is 8.39. The van der Waals surface area contributed by atoms with Gasteiger partial charge in [-0.05, 0) is 39.3 Å². The van der Waals surface area contributed by atoms with Crippen molar-refractivity contribution in [2.45, 2.75) is 51.3 Å². The lowest BCUT2D eigenvalue weighted by atomic mass is 9.96. The van der Waals surface area contributed by atoms with Crippen molar-refractivity contribution in [3.05, 3.63) is 35.5 Å². The molecule has 0 spiro atoms. The first-order valence-corrected chi connectivity index (χ1v) is 9.26. The zero-order valence-electron chi connectivity index (χ0n) is 15.1. The maximum Gasteiger partial charge on any atom is 0.237 e. The fraction of sp³-hybridized carbons (Fsp3) is 0.550. The number of para-hydroxylation sites is 1. The van der Waals surface area contributed by atoms with Crippen LogP contribution in [-0.4, -0.2) is 57.1 Å². The summed E-state index contributed by atoms with van der Waals surface area (Å²) in [4.78, 5) is 20.5. The molecular weight excluding hydrogens is 314 g/mol. The Morgan fingerprint density at radius 2 is 2.12 bits per heavy atom. The zero-order chi connectivity index (χ0) is 17.6. The molecular formula is C20H27N3O2. The lowest BCUT2D eigenvalue weighted by Gasteiger charge is -2.35. The van der Waals surface area contributed by atoms with E-state index in [0.717, 1.165) is 37.9 Å². The van der Waals surface area contributed by atoms with Gasteiger partial charge in [0.25, 0.3) is 0 Å². The number of H-pyrrole nitrogens is 1. The number of hydrogen-bond donors (Lipinski definition) is 2. The van der Waals surface area contributed by atoms with Crippen LogP contribution < -0.4 is 0 Å². The van der Waals surface area contributed by atoms with Gasteiger partial charge in [-0.25, -0.2) is 0 Å². The molecule has 0 bridgehead atoms. The molecule has 4 rings (SSSR count). The first kappa shape index (κ1) is 16.6. The molecule has 2 N–H and O–H groups in total. The minimum atomic E-state index is -0.761. The van der Waals surface area contributed by atoms with E-state index in [2.05, 4.69) is 28.1 Å². The molecule has 25 heavy (non-hydrogen) atoms. The molecule has 2 aromatic rings. The van der Waals surface area contributed by atoms with Gasteiger partial charge in [0, 0.05) is 47.7 Å². The Morgan fingerprint density at radius 1 is 1.32 bits per heavy atom. The molecule has 1 fully saturated rings. The van der Waals surface area contributed by atoms with E-state index in [1.807, 2.05) is 24.8 Å². The summed E-state index contributed by atoms with van der Waals surface area (Å²) in [5, 5.41) is 11.6. The number of amides is 1. The normalized spacial score (nSPS) is 21.7. The maximum atomic E-state index is 12.9. The Kier molecular flexibility index (Phi) is 4.08. The van der Waals surface area contributed by atoms with Gasteiger partial charge < -0.3 is 15.0 Å². The van der Waals surface area contributed by atoms with Crippen LogP contribution >= 0.6 is 0 Å². The van der Waals surface area contributed by atoms with Crippen molar-refractivity contribution in [3.63, 3.8) is 0 Å². The number of hydrogen-bond acceptors (Lipinski definition) is 3. The number of benzene rings is 1. The summed E-state index contributed by atoms with van der Waals surface area (Å²) in [6.45, 7) is 6.44. The molecule has 134 valence electrons. The minimum absolute atomic E-state index is 0.0740. The van der Waals surface area contributed by atoms with Crippen molar-refractivity contribution in [2.75, 3.05) is 19.6 Å². The maximum absolute atomic E-state index is 12.9. The van der Waals surface area contributed by atoms with Crippen molar-refractivity contribution in [1.29, 1.82) is 0 Å². The Morgan fingerprint density at radius 3 is 2.92 bits per heavy atom. The first-order valence-electron chi connectivity index (χ1n) is 9.26. The van der Waals surface area contributed by atoms with E-state index in [0.29, 0.717) is 13.1 Å². The fourth-order valence-corrected chi connectivity index (χ4v) is 4.47. The van der Waals surface area contributed by atoms with Gasteiger partial charge in [-0.3, -0.25) is 9.69 Å². The van der Waals surface area contributed by atoms with Crippen molar-refractivity contribution in [2.24, 2.45) is 0 Å². The molecule has 0 radical (unpaired) electrons. The molecule has 1 unspecified atom stereocenters. The number of aromatic nitrogens is 1. The number of carbonyl (C=O) groups is 1. The van der Waals surface area contributed by atoms with Crippen LogP contribution in [0.1, 0.15) is 37.9 Å². The molecule has 1 saturated heterocycles. The summed E-state index contributed by atoms with van der Waals surface area (Å²) in [5.41, 5.74) is 2.92. The van der Waals surface area contributed by atoms with Gasteiger partial charge >= 0.3 is 0 Å². The topological polar surface area (TPSA) is 59.6 Å². The van der Waals surface area contributed by atoms with E-state index in [4.69, 9.17) is 0 Å². The van der Waals surface area contributed by atoms with E-state index in [1.54, 1.807) is 0 Å². The molecule has 0 saturated carbocycles. The van der Waals surface area contributed by atoms with Crippen LogP contribution in [0.2, 0.25) is 0 Å². The lowest BCUT2D eigenvalue weighted by Crippen LogP contribution is -2.50. The minimum Gasteiger partial charge on any atom is -0.389 e. The van der Waals surface area contributed by atoms with Crippen LogP contribution in [0.3, 0.4) is 0 Å². The van der Waals surface area contributed by atoms with Crippen molar-refractivity contribution >= 4 is 16.8 Å². The average molecular weight is 341 g/mol. The van der Waals surface area contributed by atoms with Gasteiger partial charge in [0.05, 0.1) is 12.1 Å². The van der Waals surface area contributed by atoms with Crippen LogP contribution in [0.4, 0.5) is 0 Å². The molecule has 2 aliphatic rings. The molecule has 0 aliphatic carbocycles. The highest BCUT2D eigenvalue weighted by Crippen LogP contribution is 2.29. The summed E-state index contributed by atoms with van der Waals surface area (Å²) < 4.78 is 0. The molecule has 5 heteroatoms. The van der Waals surface area contributed by atoms with Crippen LogP contribution in [0, 0.1) is 0 Å². The number of likely N-dealkylation sites (tertiary alicyclic amines) is 1. The summed E-state index contributed by atoms with van der Waals surface area (Å²) in [5.74, 6) is 0.173. The van der Waals surface area contributed by atoms with Gasteiger partial charge in [-0.15, -0.1) is 0 Å².